The average Bonchev–Trinajstić information content (AvgIpc) is 3.00. The molecule has 4 rings (SSSR count). The molecule has 0 radical (unpaired) electrons. The van der Waals surface area contributed by atoms with Gasteiger partial charge in [0, 0.05) is 17.8 Å². The Morgan fingerprint density at radius 1 is 0.968 bits per heavy atom. The quantitative estimate of drug-likeness (QED) is 0.523. The van der Waals surface area contributed by atoms with Crippen molar-refractivity contribution in [2.75, 3.05) is 0 Å². The summed E-state index contributed by atoms with van der Waals surface area (Å²) in [6, 6.07) is 9.05. The minimum absolute atomic E-state index is 0.174. The molecule has 1 heteroatoms. The second-order valence-electron chi connectivity index (χ2n) is 9.83. The Kier molecular flexibility index (Phi) is 6.32. The first-order chi connectivity index (χ1) is 14.9. The summed E-state index contributed by atoms with van der Waals surface area (Å²) in [5, 5.41) is 3.79. The third-order valence-corrected chi connectivity index (χ3v) is 6.67. The van der Waals surface area contributed by atoms with Gasteiger partial charge in [-0.3, -0.25) is 0 Å². The van der Waals surface area contributed by atoms with Gasteiger partial charge in [-0.25, -0.2) is 0 Å². The van der Waals surface area contributed by atoms with Crippen LogP contribution in [-0.4, -0.2) is 0 Å². The van der Waals surface area contributed by atoms with E-state index in [2.05, 4.69) is 112 Å². The topological polar surface area (TPSA) is 12.0 Å². The van der Waals surface area contributed by atoms with E-state index in [9.17, 15) is 0 Å². The molecule has 0 fully saturated rings. The molecule has 1 aromatic rings. The number of allylic oxidation sites excluding steroid dienone is 12. The van der Waals surface area contributed by atoms with Crippen molar-refractivity contribution in [3.8, 4) is 0 Å². The number of benzene rings is 1. The van der Waals surface area contributed by atoms with E-state index in [0.717, 1.165) is 19.3 Å². The Balaban J connectivity index is 1.84. The van der Waals surface area contributed by atoms with E-state index in [-0.39, 0.29) is 5.41 Å². The third-order valence-electron chi connectivity index (χ3n) is 6.67. The van der Waals surface area contributed by atoms with E-state index in [1.54, 1.807) is 0 Å². The van der Waals surface area contributed by atoms with Gasteiger partial charge >= 0.3 is 0 Å². The zero-order valence-corrected chi connectivity index (χ0v) is 19.4. The molecule has 0 saturated carbocycles. The van der Waals surface area contributed by atoms with Crippen molar-refractivity contribution < 1.29 is 0 Å². The maximum absolute atomic E-state index is 3.79. The highest BCUT2D eigenvalue weighted by molar-refractivity contribution is 5.73. The van der Waals surface area contributed by atoms with E-state index in [1.165, 1.54) is 45.7 Å². The highest BCUT2D eigenvalue weighted by Crippen LogP contribution is 2.44. The van der Waals surface area contributed by atoms with Crippen LogP contribution in [0.15, 0.2) is 101 Å². The Labute approximate surface area is 188 Å². The van der Waals surface area contributed by atoms with Crippen molar-refractivity contribution in [1.82, 2.24) is 5.32 Å². The van der Waals surface area contributed by atoms with E-state index in [1.807, 2.05) is 0 Å². The van der Waals surface area contributed by atoms with Gasteiger partial charge in [0.15, 0.2) is 0 Å². The van der Waals surface area contributed by atoms with Crippen LogP contribution in [0.4, 0.5) is 0 Å². The van der Waals surface area contributed by atoms with Gasteiger partial charge < -0.3 is 5.32 Å². The zero-order chi connectivity index (χ0) is 21.8. The fourth-order valence-electron chi connectivity index (χ4n) is 5.12. The first kappa shape index (κ1) is 21.4. The van der Waals surface area contributed by atoms with Crippen LogP contribution >= 0.6 is 0 Å². The zero-order valence-electron chi connectivity index (χ0n) is 19.4. The van der Waals surface area contributed by atoms with Crippen LogP contribution < -0.4 is 5.32 Å². The Morgan fingerprint density at radius 3 is 2.68 bits per heavy atom. The Bertz CT molecular complexity index is 1050. The molecule has 3 aliphatic rings. The predicted molar refractivity (Wildman–Crippen MR) is 134 cm³/mol. The van der Waals surface area contributed by atoms with Gasteiger partial charge in [-0.2, -0.15) is 0 Å². The smallest absolute Gasteiger partial charge is 0.0387 e. The van der Waals surface area contributed by atoms with Crippen LogP contribution in [0.5, 0.6) is 0 Å². The van der Waals surface area contributed by atoms with Crippen molar-refractivity contribution in [2.45, 2.75) is 58.8 Å². The molecule has 1 N–H and O–H groups in total. The van der Waals surface area contributed by atoms with E-state index in [0.29, 0.717) is 5.92 Å². The summed E-state index contributed by atoms with van der Waals surface area (Å²) in [5.74, 6) is 0.641. The maximum atomic E-state index is 3.79. The largest absolute Gasteiger partial charge is 0.358 e. The molecule has 3 aliphatic carbocycles. The van der Waals surface area contributed by atoms with Crippen LogP contribution in [-0.2, 0) is 5.41 Å². The van der Waals surface area contributed by atoms with Gasteiger partial charge in [0.1, 0.15) is 0 Å². The second-order valence-corrected chi connectivity index (χ2v) is 9.83. The molecule has 1 unspecified atom stereocenters. The molecule has 0 heterocycles. The van der Waals surface area contributed by atoms with E-state index < -0.39 is 0 Å². The fourth-order valence-corrected chi connectivity index (χ4v) is 5.12. The van der Waals surface area contributed by atoms with Gasteiger partial charge in [0.05, 0.1) is 0 Å². The molecular formula is C30H35N. The van der Waals surface area contributed by atoms with Gasteiger partial charge in [0.2, 0.25) is 0 Å². The summed E-state index contributed by atoms with van der Waals surface area (Å²) < 4.78 is 0. The number of rotatable bonds is 2. The standard InChI is InChI=1S/C30H35N/c1-22-12-8-9-14-24-19-25(27-15-10-11-16-28(27)30(3,4)21-24)20-26(18-22)31-29-17-7-5-6-13-23(29)2/h5-13,15-16,18,20,24,31H,14,17,19,21H2,1-4H3/b9-8-,22-12+,25-20+,26-18-. The van der Waals surface area contributed by atoms with Crippen molar-refractivity contribution in [3.63, 3.8) is 0 Å². The van der Waals surface area contributed by atoms with E-state index in [4.69, 9.17) is 0 Å². The summed E-state index contributed by atoms with van der Waals surface area (Å²) in [7, 11) is 0. The Morgan fingerprint density at radius 2 is 1.81 bits per heavy atom. The lowest BCUT2D eigenvalue weighted by Crippen LogP contribution is -2.20. The summed E-state index contributed by atoms with van der Waals surface area (Å²) in [6.07, 6.45) is 24.6. The third kappa shape index (κ3) is 5.10. The number of hydrogen-bond acceptors (Lipinski definition) is 1. The first-order valence-electron chi connectivity index (χ1n) is 11.6. The minimum atomic E-state index is 0.174. The normalized spacial score (nSPS) is 29.0. The predicted octanol–water partition coefficient (Wildman–Crippen LogP) is 7.93. The number of hydrogen-bond donors (Lipinski definition) is 1. The fraction of sp³-hybridized carbons (Fsp3) is 0.333. The van der Waals surface area contributed by atoms with Crippen molar-refractivity contribution in [2.24, 2.45) is 5.92 Å². The number of fused-ring (bicyclic) bond motifs is 4. The van der Waals surface area contributed by atoms with Crippen LogP contribution in [0, 0.1) is 5.92 Å². The highest BCUT2D eigenvalue weighted by Gasteiger charge is 2.32. The van der Waals surface area contributed by atoms with Crippen LogP contribution in [0.2, 0.25) is 0 Å². The molecule has 1 nitrogen and oxygen atoms in total. The molecule has 1 aromatic carbocycles. The molecule has 0 amide bonds. The highest BCUT2D eigenvalue weighted by atomic mass is 14.9. The molecule has 0 saturated heterocycles. The summed E-state index contributed by atoms with van der Waals surface area (Å²) in [5.41, 5.74) is 9.51. The summed E-state index contributed by atoms with van der Waals surface area (Å²) >= 11 is 0. The lowest BCUT2D eigenvalue weighted by molar-refractivity contribution is 0.373. The number of nitrogens with one attached hydrogen (secondary N) is 1. The monoisotopic (exact) mass is 409 g/mol. The van der Waals surface area contributed by atoms with Crippen molar-refractivity contribution in [3.05, 3.63) is 113 Å². The molecule has 0 spiro atoms. The first-order valence-corrected chi connectivity index (χ1v) is 11.6. The molecule has 1 atom stereocenters. The van der Waals surface area contributed by atoms with Gasteiger partial charge in [-0.15, -0.1) is 0 Å². The molecule has 160 valence electrons. The SMILES string of the molecule is CC1=C(NC2=C\C(C)=C\C=C/CC3C/C(=C\2)c2ccccc2C(C)(C)C3)CC=CC=C1. The maximum Gasteiger partial charge on any atom is 0.0387 e. The van der Waals surface area contributed by atoms with Crippen molar-refractivity contribution in [1.29, 1.82) is 0 Å². The van der Waals surface area contributed by atoms with Gasteiger partial charge in [-0.05, 0) is 84.4 Å². The summed E-state index contributed by atoms with van der Waals surface area (Å²) in [6.45, 7) is 9.20. The van der Waals surface area contributed by atoms with Gasteiger partial charge in [-0.1, -0.05) is 80.6 Å². The second kappa shape index (κ2) is 9.14. The van der Waals surface area contributed by atoms with Gasteiger partial charge in [0.25, 0.3) is 0 Å². The van der Waals surface area contributed by atoms with Crippen molar-refractivity contribution >= 4 is 5.57 Å². The molecule has 0 aliphatic heterocycles. The minimum Gasteiger partial charge on any atom is -0.358 e. The molecule has 2 bridgehead atoms. The molecular weight excluding hydrogens is 374 g/mol. The lowest BCUT2D eigenvalue weighted by atomic mass is 9.77. The average molecular weight is 410 g/mol. The molecule has 31 heavy (non-hydrogen) atoms. The lowest BCUT2D eigenvalue weighted by Gasteiger charge is -2.28. The summed E-state index contributed by atoms with van der Waals surface area (Å²) in [4.78, 5) is 0. The molecule has 0 aromatic heterocycles. The van der Waals surface area contributed by atoms with E-state index >= 15 is 0 Å². The van der Waals surface area contributed by atoms with Crippen LogP contribution in [0.25, 0.3) is 5.57 Å². The van der Waals surface area contributed by atoms with Crippen LogP contribution in [0.1, 0.15) is 64.5 Å². The Hall–Kier alpha value is -2.80. The van der Waals surface area contributed by atoms with Crippen LogP contribution in [0.3, 0.4) is 0 Å².